The molecule has 1 N–H and O–H groups in total. The Morgan fingerprint density at radius 2 is 1.80 bits per heavy atom. The number of ether oxygens (including phenoxy) is 2. The molecular formula is C17H17NO2. The van der Waals surface area contributed by atoms with E-state index in [0.29, 0.717) is 12.8 Å². The zero-order valence-electron chi connectivity index (χ0n) is 11.3. The number of nitrogens with one attached hydrogen (secondary N) is 1. The summed E-state index contributed by atoms with van der Waals surface area (Å²) in [6, 6.07) is 15.3. The molecule has 2 aromatic rings. The minimum absolute atomic E-state index is 0.329. The predicted molar refractivity (Wildman–Crippen MR) is 78.4 cm³/mol. The molecule has 2 aromatic carbocycles. The van der Waals surface area contributed by atoms with Crippen molar-refractivity contribution in [2.45, 2.75) is 25.3 Å². The highest BCUT2D eigenvalue weighted by molar-refractivity contribution is 5.56. The lowest BCUT2D eigenvalue weighted by Crippen LogP contribution is -2.27. The second-order valence-electron chi connectivity index (χ2n) is 5.42. The van der Waals surface area contributed by atoms with Crippen LogP contribution in [-0.4, -0.2) is 12.8 Å². The van der Waals surface area contributed by atoms with Crippen molar-refractivity contribution in [3.63, 3.8) is 0 Å². The van der Waals surface area contributed by atoms with Crippen molar-refractivity contribution >= 4 is 5.69 Å². The maximum Gasteiger partial charge on any atom is 0.231 e. The van der Waals surface area contributed by atoms with Crippen molar-refractivity contribution in [3.05, 3.63) is 53.6 Å². The third-order valence-electron chi connectivity index (χ3n) is 4.09. The molecule has 0 saturated carbocycles. The molecule has 0 aromatic heterocycles. The molecule has 3 nitrogen and oxygen atoms in total. The Hall–Kier alpha value is -2.16. The van der Waals surface area contributed by atoms with Crippen LogP contribution in [0.1, 0.15) is 17.5 Å². The summed E-state index contributed by atoms with van der Waals surface area (Å²) in [5.41, 5.74) is 4.08. The minimum Gasteiger partial charge on any atom is -0.454 e. The van der Waals surface area contributed by atoms with Crippen LogP contribution in [0.5, 0.6) is 11.5 Å². The van der Waals surface area contributed by atoms with E-state index < -0.39 is 0 Å². The third kappa shape index (κ3) is 2.09. The number of rotatable bonds is 2. The largest absolute Gasteiger partial charge is 0.454 e. The quantitative estimate of drug-likeness (QED) is 0.904. The summed E-state index contributed by atoms with van der Waals surface area (Å²) in [5, 5.41) is 3.62. The van der Waals surface area contributed by atoms with Gasteiger partial charge in [-0.2, -0.15) is 0 Å². The van der Waals surface area contributed by atoms with E-state index in [1.54, 1.807) is 0 Å². The van der Waals surface area contributed by atoms with Crippen LogP contribution < -0.4 is 14.8 Å². The molecule has 1 atom stereocenters. The fraction of sp³-hybridized carbons (Fsp3) is 0.294. The summed E-state index contributed by atoms with van der Waals surface area (Å²) in [6.07, 6.45) is 3.41. The molecule has 0 amide bonds. The highest BCUT2D eigenvalue weighted by Crippen LogP contribution is 2.35. The first kappa shape index (κ1) is 11.6. The number of anilines is 1. The van der Waals surface area contributed by atoms with E-state index >= 15 is 0 Å². The van der Waals surface area contributed by atoms with Crippen molar-refractivity contribution in [1.82, 2.24) is 0 Å². The van der Waals surface area contributed by atoms with Crippen LogP contribution in [0.4, 0.5) is 5.69 Å². The van der Waals surface area contributed by atoms with E-state index in [1.807, 2.05) is 12.1 Å². The summed E-state index contributed by atoms with van der Waals surface area (Å²) in [7, 11) is 0. The fourth-order valence-corrected chi connectivity index (χ4v) is 3.04. The van der Waals surface area contributed by atoms with Gasteiger partial charge in [-0.25, -0.2) is 0 Å². The lowest BCUT2D eigenvalue weighted by atomic mass is 9.88. The van der Waals surface area contributed by atoms with Crippen molar-refractivity contribution < 1.29 is 9.47 Å². The van der Waals surface area contributed by atoms with Gasteiger partial charge in [0.15, 0.2) is 11.5 Å². The Bertz CT molecular complexity index is 639. The number of benzene rings is 2. The van der Waals surface area contributed by atoms with E-state index in [4.69, 9.17) is 9.47 Å². The van der Waals surface area contributed by atoms with Crippen LogP contribution in [0.15, 0.2) is 42.5 Å². The number of hydrogen-bond acceptors (Lipinski definition) is 3. The van der Waals surface area contributed by atoms with Gasteiger partial charge in [-0.15, -0.1) is 0 Å². The Labute approximate surface area is 118 Å². The third-order valence-corrected chi connectivity index (χ3v) is 4.09. The summed E-state index contributed by atoms with van der Waals surface area (Å²) in [4.78, 5) is 0. The van der Waals surface area contributed by atoms with E-state index in [0.717, 1.165) is 30.0 Å². The lowest BCUT2D eigenvalue weighted by Gasteiger charge is -2.26. The minimum atomic E-state index is 0.329. The standard InChI is InChI=1S/C17H17NO2/c1-2-4-13-9-14(6-5-12(13)3-1)18-15-7-8-16-17(10-15)20-11-19-16/h1-4,7-8,10,14,18H,5-6,9,11H2/t14-/m1/s1. The molecule has 102 valence electrons. The molecule has 2 aliphatic rings. The normalized spacial score (nSPS) is 19.5. The number of aryl methyl sites for hydroxylation is 1. The Balaban J connectivity index is 1.50. The van der Waals surface area contributed by atoms with Crippen molar-refractivity contribution in [3.8, 4) is 11.5 Å². The predicted octanol–water partition coefficient (Wildman–Crippen LogP) is 3.38. The van der Waals surface area contributed by atoms with Crippen LogP contribution in [0, 0.1) is 0 Å². The van der Waals surface area contributed by atoms with Gasteiger partial charge in [-0.05, 0) is 42.5 Å². The van der Waals surface area contributed by atoms with E-state index in [1.165, 1.54) is 17.5 Å². The Morgan fingerprint density at radius 1 is 0.950 bits per heavy atom. The Kier molecular flexibility index (Phi) is 2.76. The van der Waals surface area contributed by atoms with Gasteiger partial charge in [0.1, 0.15) is 0 Å². The topological polar surface area (TPSA) is 30.5 Å². The van der Waals surface area contributed by atoms with Crippen LogP contribution in [-0.2, 0) is 12.8 Å². The molecule has 0 fully saturated rings. The summed E-state index contributed by atoms with van der Waals surface area (Å²) < 4.78 is 10.8. The van der Waals surface area contributed by atoms with Crippen LogP contribution in [0.2, 0.25) is 0 Å². The second-order valence-corrected chi connectivity index (χ2v) is 5.42. The SMILES string of the molecule is c1ccc2c(c1)CC[C@@H](Nc1ccc3c(c1)OCO3)C2. The Morgan fingerprint density at radius 3 is 2.75 bits per heavy atom. The van der Waals surface area contributed by atoms with Gasteiger partial charge in [-0.3, -0.25) is 0 Å². The summed E-state index contributed by atoms with van der Waals surface area (Å²) in [6.45, 7) is 0.329. The average molecular weight is 267 g/mol. The van der Waals surface area contributed by atoms with Crippen molar-refractivity contribution in [1.29, 1.82) is 0 Å². The number of fused-ring (bicyclic) bond motifs is 2. The summed E-state index contributed by atoms with van der Waals surface area (Å²) in [5.74, 6) is 1.68. The fourth-order valence-electron chi connectivity index (χ4n) is 3.04. The second kappa shape index (κ2) is 4.75. The molecule has 1 aliphatic carbocycles. The molecule has 20 heavy (non-hydrogen) atoms. The molecule has 0 radical (unpaired) electrons. The molecule has 3 heteroatoms. The lowest BCUT2D eigenvalue weighted by molar-refractivity contribution is 0.174. The van der Waals surface area contributed by atoms with Crippen LogP contribution >= 0.6 is 0 Å². The van der Waals surface area contributed by atoms with Gasteiger partial charge in [-0.1, -0.05) is 24.3 Å². The van der Waals surface area contributed by atoms with Crippen molar-refractivity contribution in [2.24, 2.45) is 0 Å². The molecular weight excluding hydrogens is 250 g/mol. The molecule has 1 heterocycles. The maximum atomic E-state index is 5.42. The zero-order chi connectivity index (χ0) is 13.4. The van der Waals surface area contributed by atoms with E-state index in [9.17, 15) is 0 Å². The number of hydrogen-bond donors (Lipinski definition) is 1. The molecule has 0 spiro atoms. The van der Waals surface area contributed by atoms with Gasteiger partial charge >= 0.3 is 0 Å². The van der Waals surface area contributed by atoms with E-state index in [2.05, 4.69) is 35.6 Å². The molecule has 0 bridgehead atoms. The van der Waals surface area contributed by atoms with Crippen LogP contribution in [0.25, 0.3) is 0 Å². The van der Waals surface area contributed by atoms with Gasteiger partial charge < -0.3 is 14.8 Å². The smallest absolute Gasteiger partial charge is 0.231 e. The van der Waals surface area contributed by atoms with Crippen molar-refractivity contribution in [2.75, 3.05) is 12.1 Å². The first-order valence-corrected chi connectivity index (χ1v) is 7.11. The van der Waals surface area contributed by atoms with Gasteiger partial charge in [0.25, 0.3) is 0 Å². The van der Waals surface area contributed by atoms with E-state index in [-0.39, 0.29) is 0 Å². The molecule has 0 saturated heterocycles. The monoisotopic (exact) mass is 267 g/mol. The molecule has 0 unspecified atom stereocenters. The summed E-state index contributed by atoms with van der Waals surface area (Å²) >= 11 is 0. The highest BCUT2D eigenvalue weighted by atomic mass is 16.7. The van der Waals surface area contributed by atoms with Gasteiger partial charge in [0, 0.05) is 17.8 Å². The first-order valence-electron chi connectivity index (χ1n) is 7.11. The van der Waals surface area contributed by atoms with Gasteiger partial charge in [0.05, 0.1) is 0 Å². The molecule has 4 rings (SSSR count). The van der Waals surface area contributed by atoms with Gasteiger partial charge in [0.2, 0.25) is 6.79 Å². The highest BCUT2D eigenvalue weighted by Gasteiger charge is 2.19. The maximum absolute atomic E-state index is 5.42. The average Bonchev–Trinajstić information content (AvgIpc) is 2.95. The first-order chi connectivity index (χ1) is 9.88. The van der Waals surface area contributed by atoms with Crippen LogP contribution in [0.3, 0.4) is 0 Å². The molecule has 1 aliphatic heterocycles. The zero-order valence-corrected chi connectivity index (χ0v) is 11.3.